The molecule has 0 aromatic heterocycles. The molecule has 0 heterocycles. The molecule has 0 spiro atoms. The van der Waals surface area contributed by atoms with Crippen molar-refractivity contribution in [3.05, 3.63) is 0 Å². The molecular formula is Cr2K2O8Zn. The molecular weight excluding hydrogens is 376 g/mol. The molecule has 0 aromatic carbocycles. The molecule has 0 aliphatic carbocycles. The zero-order valence-corrected chi connectivity index (χ0v) is 18.6. The van der Waals surface area contributed by atoms with Crippen molar-refractivity contribution < 1.29 is 181 Å². The topological polar surface area (TPSA) is 161 Å². The molecule has 0 N–H and O–H groups in total. The monoisotopic (exact) mass is 374 g/mol. The van der Waals surface area contributed by atoms with Crippen molar-refractivity contribution in [2.45, 2.75) is 0 Å². The summed E-state index contributed by atoms with van der Waals surface area (Å²) in [5.74, 6) is 0. The molecule has 0 aromatic rings. The van der Waals surface area contributed by atoms with Gasteiger partial charge in [-0.2, -0.15) is 0 Å². The van der Waals surface area contributed by atoms with Crippen LogP contribution >= 0.6 is 0 Å². The first-order valence-corrected chi connectivity index (χ1v) is 5.50. The van der Waals surface area contributed by atoms with E-state index >= 15 is 0 Å². The van der Waals surface area contributed by atoms with E-state index in [4.69, 9.17) is 31.8 Å². The fraction of sp³-hybridized carbons (Fsp3) is 0. The summed E-state index contributed by atoms with van der Waals surface area (Å²) in [4.78, 5) is 0. The molecule has 13 heteroatoms. The predicted molar refractivity (Wildman–Crippen MR) is 2.75 cm³/mol. The summed E-state index contributed by atoms with van der Waals surface area (Å²) in [5, 5.41) is 0. The molecule has 0 unspecified atom stereocenters. The van der Waals surface area contributed by atoms with Crippen LogP contribution in [0.25, 0.3) is 0 Å². The van der Waals surface area contributed by atoms with Crippen LogP contribution in [0.15, 0.2) is 0 Å². The fourth-order valence-electron chi connectivity index (χ4n) is 0. The van der Waals surface area contributed by atoms with Gasteiger partial charge in [0.05, 0.1) is 0 Å². The Morgan fingerprint density at radius 1 is 0.615 bits per heavy atom. The summed E-state index contributed by atoms with van der Waals surface area (Å²) >= 11 is -11.5. The van der Waals surface area contributed by atoms with Crippen LogP contribution in [0.4, 0.5) is 0 Å². The standard InChI is InChI=1S/2Cr.2K.8O.Zn/q;;2*+1;;;;;4*-1;+2. The summed E-state index contributed by atoms with van der Waals surface area (Å²) in [7, 11) is 0. The third-order valence-electron chi connectivity index (χ3n) is 0. The average molecular weight is 376 g/mol. The summed E-state index contributed by atoms with van der Waals surface area (Å²) < 4.78 is 68.8. The molecule has 0 radical (unpaired) electrons. The van der Waals surface area contributed by atoms with Crippen LogP contribution in [0.1, 0.15) is 0 Å². The fourth-order valence-corrected chi connectivity index (χ4v) is 0. The third-order valence-corrected chi connectivity index (χ3v) is 0. The van der Waals surface area contributed by atoms with Gasteiger partial charge in [-0.15, -0.1) is 0 Å². The molecule has 0 aliphatic rings. The van der Waals surface area contributed by atoms with Crippen molar-refractivity contribution in [3.63, 3.8) is 0 Å². The van der Waals surface area contributed by atoms with E-state index in [9.17, 15) is 0 Å². The van der Waals surface area contributed by atoms with Crippen LogP contribution in [0, 0.1) is 0 Å². The molecule has 0 aliphatic heterocycles. The quantitative estimate of drug-likeness (QED) is 0.377. The van der Waals surface area contributed by atoms with Gasteiger partial charge in [-0.1, -0.05) is 0 Å². The van der Waals surface area contributed by atoms with E-state index in [1.54, 1.807) is 0 Å². The summed E-state index contributed by atoms with van der Waals surface area (Å²) in [6, 6.07) is 0. The maximum atomic E-state index is 8.59. The first kappa shape index (κ1) is 30.2. The predicted octanol–water partition coefficient (Wildman–Crippen LogP) is -11.2. The first-order valence-electron chi connectivity index (χ1n) is 1.33. The maximum Gasteiger partial charge on any atom is 2.00 e. The molecule has 0 saturated heterocycles. The molecule has 0 fully saturated rings. The number of hydrogen-bond donors (Lipinski definition) is 0. The largest absolute Gasteiger partial charge is 2.00 e. The van der Waals surface area contributed by atoms with Gasteiger partial charge in [0.1, 0.15) is 0 Å². The van der Waals surface area contributed by atoms with Gasteiger partial charge in [0.2, 0.25) is 0 Å². The van der Waals surface area contributed by atoms with E-state index < -0.39 is 27.2 Å². The van der Waals surface area contributed by atoms with Crippen LogP contribution < -0.4 is 119 Å². The molecule has 0 bridgehead atoms. The van der Waals surface area contributed by atoms with Crippen LogP contribution in [-0.4, -0.2) is 0 Å². The Kier molecular flexibility index (Phi) is 32.7. The molecule has 8 nitrogen and oxygen atoms in total. The van der Waals surface area contributed by atoms with E-state index in [2.05, 4.69) is 0 Å². The molecule has 64 valence electrons. The van der Waals surface area contributed by atoms with Gasteiger partial charge in [0.25, 0.3) is 0 Å². The molecule has 0 rings (SSSR count). The second-order valence-corrected chi connectivity index (χ2v) is 3.37. The van der Waals surface area contributed by atoms with Crippen LogP contribution in [0.2, 0.25) is 0 Å². The van der Waals surface area contributed by atoms with Crippen molar-refractivity contribution in [1.29, 1.82) is 0 Å². The van der Waals surface area contributed by atoms with Gasteiger partial charge in [-0.3, -0.25) is 0 Å². The number of rotatable bonds is 0. The van der Waals surface area contributed by atoms with E-state index in [0.717, 1.165) is 0 Å². The van der Waals surface area contributed by atoms with Gasteiger partial charge in [-0.25, -0.2) is 0 Å². The zero-order valence-electron chi connectivity index (χ0n) is 6.79. The van der Waals surface area contributed by atoms with E-state index in [0.29, 0.717) is 0 Å². The summed E-state index contributed by atoms with van der Waals surface area (Å²) in [5.41, 5.74) is 0. The summed E-state index contributed by atoms with van der Waals surface area (Å²) in [6.45, 7) is 0. The second kappa shape index (κ2) is 14.1. The average Bonchev–Trinajstić information content (AvgIpc) is 1.12. The Balaban J connectivity index is -0.0000000267. The first-order chi connectivity index (χ1) is 4.00. The molecule has 0 amide bonds. The summed E-state index contributed by atoms with van der Waals surface area (Å²) in [6.07, 6.45) is 0. The van der Waals surface area contributed by atoms with Crippen molar-refractivity contribution in [1.82, 2.24) is 0 Å². The van der Waals surface area contributed by atoms with E-state index in [1.165, 1.54) is 0 Å². The Labute approximate surface area is 176 Å². The molecule has 13 heavy (non-hydrogen) atoms. The van der Waals surface area contributed by atoms with Crippen LogP contribution in [0.3, 0.4) is 0 Å². The van der Waals surface area contributed by atoms with Gasteiger partial charge >= 0.3 is 181 Å². The normalized spacial score (nSPS) is 8.92. The van der Waals surface area contributed by atoms with Crippen molar-refractivity contribution in [2.24, 2.45) is 0 Å². The number of hydrogen-bond acceptors (Lipinski definition) is 8. The second-order valence-electron chi connectivity index (χ2n) is 0.816. The Morgan fingerprint density at radius 2 is 0.615 bits per heavy atom. The smallest absolute Gasteiger partial charge is 2.00 e. The zero-order chi connectivity index (χ0) is 9.00. The third kappa shape index (κ3) is 196. The van der Waals surface area contributed by atoms with Crippen molar-refractivity contribution in [2.75, 3.05) is 0 Å². The SMILES string of the molecule is [K+].[K+].[O]=[Cr](=[O])([O-])[O-].[O]=[Cr](=[O])([O-])[O-].[Zn+2]. The van der Waals surface area contributed by atoms with E-state index in [1.807, 2.05) is 0 Å². The van der Waals surface area contributed by atoms with Gasteiger partial charge in [-0.05, 0) is 0 Å². The minimum absolute atomic E-state index is 0. The van der Waals surface area contributed by atoms with Crippen molar-refractivity contribution in [3.8, 4) is 0 Å². The minimum atomic E-state index is -5.75. The molecule has 0 saturated carbocycles. The maximum absolute atomic E-state index is 8.59. The minimum Gasteiger partial charge on any atom is 2.00 e. The Hall–Kier alpha value is 4.00. The van der Waals surface area contributed by atoms with Crippen LogP contribution in [-0.2, 0) is 61.9 Å². The van der Waals surface area contributed by atoms with Gasteiger partial charge < -0.3 is 0 Å². The van der Waals surface area contributed by atoms with Crippen molar-refractivity contribution >= 4 is 0 Å². The Bertz CT molecular complexity index is 217. The molecule has 0 atom stereocenters. The van der Waals surface area contributed by atoms with Crippen LogP contribution in [0.5, 0.6) is 0 Å². The van der Waals surface area contributed by atoms with E-state index in [-0.39, 0.29) is 122 Å². The van der Waals surface area contributed by atoms with Gasteiger partial charge in [0, 0.05) is 0 Å². The van der Waals surface area contributed by atoms with Gasteiger partial charge in [0.15, 0.2) is 0 Å². The Morgan fingerprint density at radius 3 is 0.615 bits per heavy atom.